The Kier molecular flexibility index (Phi) is 3.47. The van der Waals surface area contributed by atoms with Crippen LogP contribution in [0.1, 0.15) is 43.7 Å². The standard InChI is InChI=1S/C14H16O3S/c1-3-4-5-6-7-8-11-10(2)12-9-13(14(11)12)18(15,16)17/h9H,3-6H2,1-2H3,(H,15,16,17). The Balaban J connectivity index is 2.20. The lowest BCUT2D eigenvalue weighted by Gasteiger charge is -2.16. The van der Waals surface area contributed by atoms with Gasteiger partial charge in [0, 0.05) is 17.2 Å². The van der Waals surface area contributed by atoms with Gasteiger partial charge in [-0.1, -0.05) is 31.6 Å². The summed E-state index contributed by atoms with van der Waals surface area (Å²) in [5.74, 6) is 6.08. The predicted molar refractivity (Wildman–Crippen MR) is 69.7 cm³/mol. The molecule has 0 saturated heterocycles. The predicted octanol–water partition coefficient (Wildman–Crippen LogP) is 2.77. The van der Waals surface area contributed by atoms with E-state index in [4.69, 9.17) is 4.55 Å². The van der Waals surface area contributed by atoms with Gasteiger partial charge >= 0.3 is 0 Å². The lowest BCUT2D eigenvalue weighted by Crippen LogP contribution is -2.11. The largest absolute Gasteiger partial charge is 0.295 e. The van der Waals surface area contributed by atoms with Crippen LogP contribution in [0, 0.1) is 29.2 Å². The Morgan fingerprint density at radius 1 is 1.33 bits per heavy atom. The van der Waals surface area contributed by atoms with E-state index >= 15 is 0 Å². The molecule has 4 heteroatoms. The molecule has 0 radical (unpaired) electrons. The summed E-state index contributed by atoms with van der Waals surface area (Å²) in [5, 5.41) is 1.54. The van der Waals surface area contributed by atoms with E-state index in [1.807, 2.05) is 6.92 Å². The maximum absolute atomic E-state index is 11.1. The van der Waals surface area contributed by atoms with Gasteiger partial charge in [-0.15, -0.1) is 0 Å². The molecule has 2 aliphatic rings. The molecule has 0 atom stereocenters. The fourth-order valence-corrected chi connectivity index (χ4v) is 2.85. The third-order valence-electron chi connectivity index (χ3n) is 3.22. The molecule has 0 fully saturated rings. The summed E-state index contributed by atoms with van der Waals surface area (Å²) in [6.45, 7) is 4.06. The van der Waals surface area contributed by atoms with Gasteiger partial charge in [0.1, 0.15) is 4.90 Å². The fraction of sp³-hybridized carbons (Fsp3) is 0.429. The molecule has 1 N–H and O–H groups in total. The molecule has 0 spiro atoms. The third-order valence-corrected chi connectivity index (χ3v) is 4.09. The van der Waals surface area contributed by atoms with E-state index in [0.29, 0.717) is 5.22 Å². The molecule has 0 aromatic carbocycles. The fourth-order valence-electron chi connectivity index (χ4n) is 2.12. The lowest BCUT2D eigenvalue weighted by atomic mass is 9.91. The van der Waals surface area contributed by atoms with Crippen molar-refractivity contribution in [1.82, 2.24) is 0 Å². The maximum Gasteiger partial charge on any atom is 0.295 e. The van der Waals surface area contributed by atoms with Crippen LogP contribution in [-0.2, 0) is 10.1 Å². The minimum atomic E-state index is -4.09. The van der Waals surface area contributed by atoms with Crippen molar-refractivity contribution in [3.63, 3.8) is 0 Å². The van der Waals surface area contributed by atoms with Gasteiger partial charge in [-0.25, -0.2) is 0 Å². The van der Waals surface area contributed by atoms with Gasteiger partial charge in [0.05, 0.1) is 0 Å². The van der Waals surface area contributed by atoms with Crippen LogP contribution in [0.5, 0.6) is 0 Å². The topological polar surface area (TPSA) is 54.4 Å². The summed E-state index contributed by atoms with van der Waals surface area (Å²) in [7, 11) is -4.09. The molecule has 0 aromatic heterocycles. The second-order valence-electron chi connectivity index (χ2n) is 4.53. The Bertz CT molecular complexity index is 734. The van der Waals surface area contributed by atoms with Crippen LogP contribution < -0.4 is 0 Å². The molecule has 0 bridgehead atoms. The van der Waals surface area contributed by atoms with Crippen molar-refractivity contribution in [3.8, 4) is 11.8 Å². The molecule has 3 nitrogen and oxygen atoms in total. The highest BCUT2D eigenvalue weighted by molar-refractivity contribution is 7.85. The molecule has 18 heavy (non-hydrogen) atoms. The molecular weight excluding hydrogens is 248 g/mol. The summed E-state index contributed by atoms with van der Waals surface area (Å²) < 4.78 is 31.1. The van der Waals surface area contributed by atoms with Crippen LogP contribution in [-0.4, -0.2) is 13.0 Å². The van der Waals surface area contributed by atoms with Crippen molar-refractivity contribution in [3.05, 3.63) is 27.6 Å². The highest BCUT2D eigenvalue weighted by atomic mass is 32.2. The van der Waals surface area contributed by atoms with Crippen molar-refractivity contribution in [2.45, 2.75) is 44.4 Å². The zero-order valence-corrected chi connectivity index (χ0v) is 11.4. The first kappa shape index (κ1) is 13.1. The van der Waals surface area contributed by atoms with Crippen LogP contribution >= 0.6 is 0 Å². The van der Waals surface area contributed by atoms with E-state index < -0.39 is 10.1 Å². The summed E-state index contributed by atoms with van der Waals surface area (Å²) >= 11 is 0. The summed E-state index contributed by atoms with van der Waals surface area (Å²) in [6, 6.07) is 1.50. The summed E-state index contributed by atoms with van der Waals surface area (Å²) in [5.41, 5.74) is 1.80. The van der Waals surface area contributed by atoms with Crippen molar-refractivity contribution in [1.29, 1.82) is 0 Å². The molecule has 0 aliphatic heterocycles. The normalized spacial score (nSPS) is 11.9. The maximum atomic E-state index is 11.1. The molecule has 2 rings (SSSR count). The van der Waals surface area contributed by atoms with Crippen molar-refractivity contribution >= 4 is 10.1 Å². The molecular formula is C14H16O3S. The Morgan fingerprint density at radius 3 is 2.67 bits per heavy atom. The van der Waals surface area contributed by atoms with Crippen LogP contribution in [0.25, 0.3) is 0 Å². The number of benzene rings is 1. The van der Waals surface area contributed by atoms with E-state index in [9.17, 15) is 8.42 Å². The van der Waals surface area contributed by atoms with E-state index in [0.717, 1.165) is 42.0 Å². The van der Waals surface area contributed by atoms with Crippen LogP contribution in [0.3, 0.4) is 0 Å². The molecule has 0 aromatic rings. The van der Waals surface area contributed by atoms with Gasteiger partial charge in [0.15, 0.2) is 0 Å². The van der Waals surface area contributed by atoms with Crippen LogP contribution in [0.2, 0.25) is 0 Å². The molecule has 0 saturated carbocycles. The quantitative estimate of drug-likeness (QED) is 0.525. The van der Waals surface area contributed by atoms with Gasteiger partial charge < -0.3 is 0 Å². The SMILES string of the molecule is CCCCCC#Cc1c(C)c2cc(S(=O)(=O)O)c1=2. The first-order valence-electron chi connectivity index (χ1n) is 6.11. The molecule has 0 unspecified atom stereocenters. The zero-order valence-electron chi connectivity index (χ0n) is 10.6. The van der Waals surface area contributed by atoms with Crippen LogP contribution in [0.15, 0.2) is 11.0 Å². The summed E-state index contributed by atoms with van der Waals surface area (Å²) in [6.07, 6.45) is 4.23. The monoisotopic (exact) mass is 264 g/mol. The Labute approximate surface area is 107 Å². The van der Waals surface area contributed by atoms with E-state index in [-0.39, 0.29) is 4.90 Å². The van der Waals surface area contributed by atoms with E-state index in [1.165, 1.54) is 6.07 Å². The van der Waals surface area contributed by atoms with Crippen molar-refractivity contribution in [2.75, 3.05) is 0 Å². The first-order valence-corrected chi connectivity index (χ1v) is 7.55. The minimum Gasteiger partial charge on any atom is -0.282 e. The second-order valence-corrected chi connectivity index (χ2v) is 5.92. The first-order chi connectivity index (χ1) is 8.46. The lowest BCUT2D eigenvalue weighted by molar-refractivity contribution is 0.481. The van der Waals surface area contributed by atoms with Gasteiger partial charge in [-0.2, -0.15) is 8.42 Å². The average Bonchev–Trinajstić information content (AvgIpc) is 2.24. The van der Waals surface area contributed by atoms with Gasteiger partial charge in [0.25, 0.3) is 10.1 Å². The molecule has 0 heterocycles. The Morgan fingerprint density at radius 2 is 2.06 bits per heavy atom. The van der Waals surface area contributed by atoms with Crippen LogP contribution in [0.4, 0.5) is 0 Å². The second kappa shape index (κ2) is 4.75. The third kappa shape index (κ3) is 2.16. The van der Waals surface area contributed by atoms with Gasteiger partial charge in [-0.3, -0.25) is 4.55 Å². The number of rotatable bonds is 4. The van der Waals surface area contributed by atoms with E-state index in [1.54, 1.807) is 0 Å². The van der Waals surface area contributed by atoms with Crippen molar-refractivity contribution < 1.29 is 13.0 Å². The molecule has 2 aliphatic carbocycles. The highest BCUT2D eigenvalue weighted by Gasteiger charge is 2.24. The minimum absolute atomic E-state index is 0.0148. The highest BCUT2D eigenvalue weighted by Crippen LogP contribution is 2.29. The van der Waals surface area contributed by atoms with Crippen molar-refractivity contribution in [2.24, 2.45) is 0 Å². The average molecular weight is 264 g/mol. The number of hydrogen-bond donors (Lipinski definition) is 1. The molecule has 96 valence electrons. The summed E-state index contributed by atoms with van der Waals surface area (Å²) in [4.78, 5) is 0.0148. The Hall–Kier alpha value is -1.31. The number of hydrogen-bond acceptors (Lipinski definition) is 2. The molecule has 0 amide bonds. The van der Waals surface area contributed by atoms with Gasteiger partial charge in [-0.05, 0) is 30.2 Å². The smallest absolute Gasteiger partial charge is 0.282 e. The van der Waals surface area contributed by atoms with E-state index in [2.05, 4.69) is 18.8 Å². The van der Waals surface area contributed by atoms with Gasteiger partial charge in [0.2, 0.25) is 0 Å². The zero-order chi connectivity index (χ0) is 13.3. The number of unbranched alkanes of at least 4 members (excludes halogenated alkanes) is 3.